The molecule has 4 heteroatoms. The Morgan fingerprint density at radius 1 is 1.33 bits per heavy atom. The lowest BCUT2D eigenvalue weighted by molar-refractivity contribution is -0.680. The third kappa shape index (κ3) is 1.75. The highest BCUT2D eigenvalue weighted by molar-refractivity contribution is 7.26. The zero-order valence-electron chi connectivity index (χ0n) is 13.2. The highest BCUT2D eigenvalue weighted by Gasteiger charge is 2.35. The van der Waals surface area contributed by atoms with Crippen molar-refractivity contribution in [1.82, 2.24) is 4.98 Å². The third-order valence-electron chi connectivity index (χ3n) is 5.00. The van der Waals surface area contributed by atoms with Crippen molar-refractivity contribution >= 4 is 44.9 Å². The average molecular weight is 314 g/mol. The van der Waals surface area contributed by atoms with Crippen molar-refractivity contribution in [3.05, 3.63) is 29.7 Å². The summed E-state index contributed by atoms with van der Waals surface area (Å²) < 4.78 is 5.00. The number of fused-ring (bicyclic) bond motifs is 5. The predicted molar refractivity (Wildman–Crippen MR) is 93.3 cm³/mol. The number of hydrogen-bond acceptors (Lipinski definition) is 2. The molecule has 0 N–H and O–H groups in total. The Hall–Kier alpha value is -1.26. The minimum atomic E-state index is -1.29. The Balaban J connectivity index is 2.21. The summed E-state index contributed by atoms with van der Waals surface area (Å²) in [6.45, 7) is 7.28. The summed E-state index contributed by atoms with van der Waals surface area (Å²) in [6.07, 6.45) is 4.32. The van der Waals surface area contributed by atoms with Gasteiger partial charge >= 0.3 is 0 Å². The molecule has 2 nitrogen and oxygen atoms in total. The van der Waals surface area contributed by atoms with E-state index >= 15 is 0 Å². The molecule has 108 valence electrons. The molecule has 0 fully saturated rings. The number of thiophene rings is 1. The Morgan fingerprint density at radius 2 is 2.14 bits per heavy atom. The van der Waals surface area contributed by atoms with Crippen LogP contribution in [0.1, 0.15) is 18.2 Å². The van der Waals surface area contributed by atoms with E-state index in [1.165, 1.54) is 38.5 Å². The molecule has 3 heterocycles. The summed E-state index contributed by atoms with van der Waals surface area (Å²) >= 11 is 1.93. The van der Waals surface area contributed by atoms with Gasteiger partial charge in [0, 0.05) is 16.5 Å². The molecule has 0 bridgehead atoms. The second kappa shape index (κ2) is 4.37. The molecule has 0 saturated heterocycles. The molecule has 1 aliphatic heterocycles. The molecule has 0 atom stereocenters. The maximum atomic E-state index is 4.82. The summed E-state index contributed by atoms with van der Waals surface area (Å²) in [7, 11) is 0.822. The maximum absolute atomic E-state index is 4.82. The van der Waals surface area contributed by atoms with Crippen LogP contribution in [0.15, 0.2) is 18.5 Å². The van der Waals surface area contributed by atoms with Crippen LogP contribution in [0, 0.1) is 0 Å². The zero-order chi connectivity index (χ0) is 14.8. The fourth-order valence-electron chi connectivity index (χ4n) is 3.88. The highest BCUT2D eigenvalue weighted by Crippen LogP contribution is 2.37. The lowest BCUT2D eigenvalue weighted by Gasteiger charge is -2.16. The lowest BCUT2D eigenvalue weighted by Crippen LogP contribution is -2.38. The Labute approximate surface area is 130 Å². The van der Waals surface area contributed by atoms with Gasteiger partial charge in [0.05, 0.1) is 15.1 Å². The van der Waals surface area contributed by atoms with Crippen molar-refractivity contribution in [2.75, 3.05) is 0 Å². The zero-order valence-corrected chi connectivity index (χ0v) is 15.0. The van der Waals surface area contributed by atoms with Gasteiger partial charge in [-0.25, -0.2) is 4.57 Å². The van der Waals surface area contributed by atoms with Gasteiger partial charge in [0.15, 0.2) is 0 Å². The van der Waals surface area contributed by atoms with Gasteiger partial charge in [-0.15, -0.1) is 11.3 Å². The van der Waals surface area contributed by atoms with E-state index in [0.29, 0.717) is 0 Å². The van der Waals surface area contributed by atoms with Crippen molar-refractivity contribution in [2.45, 2.75) is 38.9 Å². The number of aryl methyl sites for hydroxylation is 3. The SMILES string of the molecule is CCc1c2sc3ccc4c(c3c2nc[n+]1C)[Si](C)(C)CC4. The van der Waals surface area contributed by atoms with Crippen LogP contribution in [0.3, 0.4) is 0 Å². The van der Waals surface area contributed by atoms with Gasteiger partial charge in [-0.05, 0) is 34.3 Å². The van der Waals surface area contributed by atoms with Gasteiger partial charge in [-0.3, -0.25) is 0 Å². The first-order valence-corrected chi connectivity index (χ1v) is 11.8. The fourth-order valence-corrected chi connectivity index (χ4v) is 8.43. The van der Waals surface area contributed by atoms with Gasteiger partial charge in [-0.1, -0.05) is 26.1 Å². The van der Waals surface area contributed by atoms with E-state index in [1.807, 2.05) is 17.7 Å². The Morgan fingerprint density at radius 3 is 2.90 bits per heavy atom. The molecular formula is C17H21N2SSi+. The normalized spacial score (nSPS) is 16.8. The summed E-state index contributed by atoms with van der Waals surface area (Å²) in [5.41, 5.74) is 4.25. The molecule has 0 spiro atoms. The van der Waals surface area contributed by atoms with Crippen LogP contribution >= 0.6 is 11.3 Å². The van der Waals surface area contributed by atoms with E-state index in [-0.39, 0.29) is 0 Å². The molecule has 21 heavy (non-hydrogen) atoms. The van der Waals surface area contributed by atoms with Crippen LogP contribution in [-0.4, -0.2) is 13.1 Å². The smallest absolute Gasteiger partial charge is 0.236 e. The molecule has 0 saturated carbocycles. The molecule has 0 unspecified atom stereocenters. The summed E-state index contributed by atoms with van der Waals surface area (Å²) in [6, 6.07) is 6.09. The molecule has 0 radical (unpaired) electrons. The van der Waals surface area contributed by atoms with Crippen LogP contribution in [0.5, 0.6) is 0 Å². The topological polar surface area (TPSA) is 16.8 Å². The molecule has 1 aromatic carbocycles. The van der Waals surface area contributed by atoms with Gasteiger partial charge < -0.3 is 0 Å². The average Bonchev–Trinajstić information content (AvgIpc) is 2.96. The molecule has 3 aromatic rings. The van der Waals surface area contributed by atoms with Gasteiger partial charge in [0.25, 0.3) is 6.33 Å². The number of rotatable bonds is 1. The second-order valence-electron chi connectivity index (χ2n) is 6.79. The molecule has 1 aliphatic rings. The van der Waals surface area contributed by atoms with Crippen LogP contribution in [0.2, 0.25) is 19.1 Å². The van der Waals surface area contributed by atoms with Crippen LogP contribution in [-0.2, 0) is 19.9 Å². The molecule has 0 aliphatic carbocycles. The fraction of sp³-hybridized carbons (Fsp3) is 0.412. The minimum absolute atomic E-state index is 1.06. The largest absolute Gasteiger partial charge is 0.286 e. The third-order valence-corrected chi connectivity index (χ3v) is 9.61. The highest BCUT2D eigenvalue weighted by atomic mass is 32.1. The van der Waals surface area contributed by atoms with Crippen LogP contribution < -0.4 is 9.75 Å². The van der Waals surface area contributed by atoms with Crippen molar-refractivity contribution in [2.24, 2.45) is 7.05 Å². The summed E-state index contributed by atoms with van der Waals surface area (Å²) in [5, 5.41) is 3.17. The summed E-state index contributed by atoms with van der Waals surface area (Å²) in [4.78, 5) is 4.82. The summed E-state index contributed by atoms with van der Waals surface area (Å²) in [5.74, 6) is 0. The van der Waals surface area contributed by atoms with Gasteiger partial charge in [0.2, 0.25) is 5.52 Å². The molecular weight excluding hydrogens is 292 g/mol. The predicted octanol–water partition coefficient (Wildman–Crippen LogP) is 3.31. The minimum Gasteiger partial charge on any atom is -0.236 e. The first-order valence-electron chi connectivity index (χ1n) is 7.75. The maximum Gasteiger partial charge on any atom is 0.286 e. The Kier molecular flexibility index (Phi) is 2.79. The van der Waals surface area contributed by atoms with Crippen molar-refractivity contribution in [3.8, 4) is 0 Å². The standard InChI is InChI=1S/C17H21N2SSi/c1-5-12-16-15(18-10-19(12)2)14-13(20-16)7-6-11-8-9-21(3,4)17(11)14/h6-7,10H,5,8-9H2,1-4H3/q+1. The number of nitrogens with zero attached hydrogens (tertiary/aromatic N) is 2. The van der Waals surface area contributed by atoms with Crippen molar-refractivity contribution < 1.29 is 4.57 Å². The number of hydrogen-bond donors (Lipinski definition) is 0. The number of aromatic nitrogens is 2. The van der Waals surface area contributed by atoms with Gasteiger partial charge in [-0.2, -0.15) is 0 Å². The second-order valence-corrected chi connectivity index (χ2v) is 12.6. The molecule has 4 rings (SSSR count). The number of benzene rings is 1. The first-order chi connectivity index (χ1) is 10.0. The van der Waals surface area contributed by atoms with E-state index in [2.05, 4.69) is 43.8 Å². The van der Waals surface area contributed by atoms with Crippen LogP contribution in [0.25, 0.3) is 20.3 Å². The quantitative estimate of drug-likeness (QED) is 0.497. The van der Waals surface area contributed by atoms with E-state index in [4.69, 9.17) is 4.98 Å². The van der Waals surface area contributed by atoms with E-state index in [1.54, 1.807) is 10.8 Å². The monoisotopic (exact) mass is 313 g/mol. The van der Waals surface area contributed by atoms with E-state index in [0.717, 1.165) is 6.42 Å². The first kappa shape index (κ1) is 13.4. The van der Waals surface area contributed by atoms with Crippen LogP contribution in [0.4, 0.5) is 0 Å². The molecule has 2 aromatic heterocycles. The van der Waals surface area contributed by atoms with E-state index in [9.17, 15) is 0 Å². The van der Waals surface area contributed by atoms with Crippen molar-refractivity contribution in [3.63, 3.8) is 0 Å². The van der Waals surface area contributed by atoms with E-state index < -0.39 is 8.07 Å². The molecule has 0 amide bonds. The lowest BCUT2D eigenvalue weighted by atomic mass is 10.1. The van der Waals surface area contributed by atoms with Crippen molar-refractivity contribution in [1.29, 1.82) is 0 Å². The Bertz CT molecular complexity index is 879. The van der Waals surface area contributed by atoms with Gasteiger partial charge in [0.1, 0.15) is 10.4 Å².